The molecule has 9 heteroatoms. The molecule has 0 saturated carbocycles. The molecule has 1 fully saturated rings. The van der Waals surface area contributed by atoms with Crippen LogP contribution in [0.1, 0.15) is 85.6 Å². The maximum atomic E-state index is 14.8. The number of aryl methyl sites for hydroxylation is 1. The van der Waals surface area contributed by atoms with E-state index in [1.807, 2.05) is 85.8 Å². The SMILES string of the molecule is COC(=O)c1ccc(C2C(COC(c3ccccc3)(c3ccccc3)c3ccccc3)CN(S(=O)(=O)c3ccc(C)cc3)C[C@H]2O[Si](C(C)C)(C(C)C)C(C)C)cc1. The molecule has 6 rings (SSSR count). The Hall–Kier alpha value is -4.38. The standard InChI is InChI=1S/C49H59NO6SSi/c1-35(2)58(36(3)4,37(5)6)56-46-33-50(57(52,53)45-30-24-38(7)25-31-45)32-41(47(46)39-26-28-40(29-27-39)48(51)54-8)34-55-49(42-18-12-9-13-19-42,43-20-14-10-15-21-43)44-22-16-11-17-23-44/h9-31,35-37,41,46-47H,32-34H2,1-8H3/t41?,46-,47?/m1/s1. The van der Waals surface area contributed by atoms with Crippen molar-refractivity contribution in [3.05, 3.63) is 173 Å². The molecule has 58 heavy (non-hydrogen) atoms. The van der Waals surface area contributed by atoms with Gasteiger partial charge in [-0.3, -0.25) is 0 Å². The summed E-state index contributed by atoms with van der Waals surface area (Å²) >= 11 is 0. The first-order chi connectivity index (χ1) is 27.7. The normalized spacial score (nSPS) is 18.2. The molecular formula is C49H59NO6SSi. The number of piperidine rings is 1. The van der Waals surface area contributed by atoms with Gasteiger partial charge in [0.2, 0.25) is 18.3 Å². The number of hydrogen-bond donors (Lipinski definition) is 0. The van der Waals surface area contributed by atoms with E-state index in [1.54, 1.807) is 28.6 Å². The predicted molar refractivity (Wildman–Crippen MR) is 235 cm³/mol. The number of benzene rings is 5. The number of methoxy groups -OCH3 is 1. The number of carbonyl (C=O) groups is 1. The zero-order valence-electron chi connectivity index (χ0n) is 35.2. The second kappa shape index (κ2) is 18.3. The number of sulfonamides is 1. The van der Waals surface area contributed by atoms with Crippen molar-refractivity contribution in [2.24, 2.45) is 5.92 Å². The summed E-state index contributed by atoms with van der Waals surface area (Å²) in [5.41, 5.74) is 5.04. The minimum absolute atomic E-state index is 0.179. The molecule has 1 heterocycles. The van der Waals surface area contributed by atoms with Gasteiger partial charge in [0.1, 0.15) is 5.60 Å². The summed E-state index contributed by atoms with van der Waals surface area (Å²) in [5, 5.41) is 0. The molecule has 0 N–H and O–H groups in total. The van der Waals surface area contributed by atoms with Crippen molar-refractivity contribution in [3.63, 3.8) is 0 Å². The van der Waals surface area contributed by atoms with Gasteiger partial charge < -0.3 is 13.9 Å². The van der Waals surface area contributed by atoms with Gasteiger partial charge in [-0.05, 0) is 70.1 Å². The van der Waals surface area contributed by atoms with E-state index in [1.165, 1.54) is 7.11 Å². The number of esters is 1. The van der Waals surface area contributed by atoms with Crippen LogP contribution in [0.2, 0.25) is 16.6 Å². The van der Waals surface area contributed by atoms with E-state index in [4.69, 9.17) is 13.9 Å². The van der Waals surface area contributed by atoms with Crippen LogP contribution in [0.4, 0.5) is 0 Å². The van der Waals surface area contributed by atoms with Crippen LogP contribution in [0.3, 0.4) is 0 Å². The maximum absolute atomic E-state index is 14.8. The molecule has 7 nitrogen and oxygen atoms in total. The van der Waals surface area contributed by atoms with Crippen LogP contribution >= 0.6 is 0 Å². The number of rotatable bonds is 15. The van der Waals surface area contributed by atoms with E-state index in [2.05, 4.69) is 77.9 Å². The van der Waals surface area contributed by atoms with Crippen LogP contribution in [0.5, 0.6) is 0 Å². The highest BCUT2D eigenvalue weighted by molar-refractivity contribution is 7.89. The van der Waals surface area contributed by atoms with Crippen LogP contribution in [0.15, 0.2) is 144 Å². The predicted octanol–water partition coefficient (Wildman–Crippen LogP) is 10.8. The lowest BCUT2D eigenvalue weighted by molar-refractivity contribution is -0.0414. The summed E-state index contributed by atoms with van der Waals surface area (Å²) in [5.74, 6) is -1.06. The fourth-order valence-corrected chi connectivity index (χ4v) is 16.6. The highest BCUT2D eigenvalue weighted by Gasteiger charge is 2.52. The molecule has 2 unspecified atom stereocenters. The van der Waals surface area contributed by atoms with E-state index in [0.29, 0.717) is 5.56 Å². The van der Waals surface area contributed by atoms with Crippen LogP contribution in [0, 0.1) is 12.8 Å². The lowest BCUT2D eigenvalue weighted by Crippen LogP contribution is -2.58. The number of nitrogens with zero attached hydrogens (tertiary/aromatic N) is 1. The second-order valence-electron chi connectivity index (χ2n) is 16.6. The quantitative estimate of drug-likeness (QED) is 0.0595. The van der Waals surface area contributed by atoms with Gasteiger partial charge in [0.25, 0.3) is 0 Å². The zero-order valence-corrected chi connectivity index (χ0v) is 37.0. The van der Waals surface area contributed by atoms with Gasteiger partial charge in [0, 0.05) is 24.9 Å². The van der Waals surface area contributed by atoms with E-state index < -0.39 is 36.0 Å². The Morgan fingerprint density at radius 2 is 1.16 bits per heavy atom. The third-order valence-corrected chi connectivity index (χ3v) is 20.2. The highest BCUT2D eigenvalue weighted by atomic mass is 32.2. The van der Waals surface area contributed by atoms with E-state index in [9.17, 15) is 13.2 Å². The average molecular weight is 818 g/mol. The second-order valence-corrected chi connectivity index (χ2v) is 23.9. The van der Waals surface area contributed by atoms with Gasteiger partial charge in [-0.2, -0.15) is 4.31 Å². The molecule has 306 valence electrons. The monoisotopic (exact) mass is 817 g/mol. The molecule has 0 aliphatic carbocycles. The van der Waals surface area contributed by atoms with Crippen molar-refractivity contribution in [3.8, 4) is 0 Å². The summed E-state index contributed by atoms with van der Waals surface area (Å²) < 4.78 is 51.5. The number of hydrogen-bond acceptors (Lipinski definition) is 6. The first kappa shape index (κ1) is 43.2. The van der Waals surface area contributed by atoms with Gasteiger partial charge in [0.15, 0.2) is 0 Å². The largest absolute Gasteiger partial charge is 0.465 e. The molecule has 0 bridgehead atoms. The molecule has 3 atom stereocenters. The fraction of sp³-hybridized carbons (Fsp3) is 0.367. The molecule has 0 amide bonds. The van der Waals surface area contributed by atoms with Crippen molar-refractivity contribution in [1.29, 1.82) is 0 Å². The molecule has 5 aromatic rings. The summed E-state index contributed by atoms with van der Waals surface area (Å²) in [4.78, 5) is 12.9. The smallest absolute Gasteiger partial charge is 0.337 e. The zero-order chi connectivity index (χ0) is 41.7. The topological polar surface area (TPSA) is 82.1 Å². The van der Waals surface area contributed by atoms with E-state index >= 15 is 0 Å². The van der Waals surface area contributed by atoms with Crippen LogP contribution < -0.4 is 0 Å². The molecule has 0 radical (unpaired) electrons. The van der Waals surface area contributed by atoms with Crippen molar-refractivity contribution < 1.29 is 27.1 Å². The molecule has 0 aromatic heterocycles. The van der Waals surface area contributed by atoms with Gasteiger partial charge in [0.05, 0.1) is 30.3 Å². The number of carbonyl (C=O) groups excluding carboxylic acids is 1. The van der Waals surface area contributed by atoms with E-state index in [0.717, 1.165) is 27.8 Å². The highest BCUT2D eigenvalue weighted by Crippen LogP contribution is 2.48. The van der Waals surface area contributed by atoms with Crippen molar-refractivity contribution in [2.75, 3.05) is 26.8 Å². The Balaban J connectivity index is 1.56. The fourth-order valence-electron chi connectivity index (χ4n) is 9.51. The molecular weight excluding hydrogens is 759 g/mol. The maximum Gasteiger partial charge on any atom is 0.337 e. The van der Waals surface area contributed by atoms with E-state index in [-0.39, 0.29) is 53.1 Å². The Kier molecular flexibility index (Phi) is 13.6. The van der Waals surface area contributed by atoms with Crippen molar-refractivity contribution in [1.82, 2.24) is 4.31 Å². The van der Waals surface area contributed by atoms with Gasteiger partial charge in [-0.25, -0.2) is 13.2 Å². The Morgan fingerprint density at radius 3 is 1.59 bits per heavy atom. The van der Waals surface area contributed by atoms with Crippen LogP contribution in [-0.4, -0.2) is 59.9 Å². The lowest BCUT2D eigenvalue weighted by atomic mass is 9.78. The third kappa shape index (κ3) is 8.52. The van der Waals surface area contributed by atoms with Crippen LogP contribution in [-0.2, 0) is 29.5 Å². The van der Waals surface area contributed by atoms with Gasteiger partial charge in [-0.15, -0.1) is 0 Å². The molecule has 5 aromatic carbocycles. The molecule has 1 aliphatic rings. The summed E-state index contributed by atoms with van der Waals surface area (Å²) in [6.07, 6.45) is -0.509. The minimum Gasteiger partial charge on any atom is -0.465 e. The van der Waals surface area contributed by atoms with Crippen molar-refractivity contribution >= 4 is 24.3 Å². The third-order valence-electron chi connectivity index (χ3n) is 12.2. The Morgan fingerprint density at radius 1 is 0.690 bits per heavy atom. The number of ether oxygens (including phenoxy) is 2. The van der Waals surface area contributed by atoms with Gasteiger partial charge >= 0.3 is 5.97 Å². The first-order valence-electron chi connectivity index (χ1n) is 20.5. The molecule has 1 aliphatic heterocycles. The average Bonchev–Trinajstić information content (AvgIpc) is 3.23. The summed E-state index contributed by atoms with van der Waals surface area (Å²) in [6, 6.07) is 45.4. The van der Waals surface area contributed by atoms with Crippen LogP contribution in [0.25, 0.3) is 0 Å². The Bertz CT molecular complexity index is 2080. The van der Waals surface area contributed by atoms with Gasteiger partial charge in [-0.1, -0.05) is 162 Å². The lowest BCUT2D eigenvalue weighted by Gasteiger charge is -2.51. The molecule has 1 saturated heterocycles. The van der Waals surface area contributed by atoms with Crippen molar-refractivity contribution in [2.45, 2.75) is 87.6 Å². The first-order valence-corrected chi connectivity index (χ1v) is 24.1. The molecule has 0 spiro atoms. The summed E-state index contributed by atoms with van der Waals surface area (Å²) in [6.45, 7) is 16.1. The minimum atomic E-state index is -3.95. The Labute approximate surface area is 347 Å². The summed E-state index contributed by atoms with van der Waals surface area (Å²) in [7, 11) is -5.15.